The molecular weight excluding hydrogens is 172 g/mol. The van der Waals surface area contributed by atoms with Gasteiger partial charge in [-0.1, -0.05) is 12.8 Å². The standard InChI is InChI=1S/C8H12N2OS/c11-7-6(9-8(12)10-7)5-3-1-2-4-5/h5-6H,1-4H2,(H2,9,10,11,12). The lowest BCUT2D eigenvalue weighted by Crippen LogP contribution is -2.35. The van der Waals surface area contributed by atoms with Gasteiger partial charge in [-0.15, -0.1) is 0 Å². The van der Waals surface area contributed by atoms with Crippen LogP contribution >= 0.6 is 12.2 Å². The predicted molar refractivity (Wildman–Crippen MR) is 49.6 cm³/mol. The van der Waals surface area contributed by atoms with Crippen LogP contribution in [0.4, 0.5) is 0 Å². The van der Waals surface area contributed by atoms with E-state index in [0.717, 1.165) is 12.8 Å². The van der Waals surface area contributed by atoms with Crippen LogP contribution < -0.4 is 10.6 Å². The Balaban J connectivity index is 2.03. The van der Waals surface area contributed by atoms with Crippen LogP contribution in [-0.4, -0.2) is 17.1 Å². The van der Waals surface area contributed by atoms with Crippen molar-refractivity contribution in [2.24, 2.45) is 5.92 Å². The molecule has 4 heteroatoms. The van der Waals surface area contributed by atoms with Gasteiger partial charge < -0.3 is 10.6 Å². The molecule has 0 aromatic carbocycles. The number of carbonyl (C=O) groups is 1. The Bertz CT molecular complexity index is 223. The average Bonchev–Trinajstić information content (AvgIpc) is 2.58. The molecule has 12 heavy (non-hydrogen) atoms. The van der Waals surface area contributed by atoms with E-state index in [2.05, 4.69) is 10.6 Å². The van der Waals surface area contributed by atoms with Crippen LogP contribution in [-0.2, 0) is 4.79 Å². The Morgan fingerprint density at radius 3 is 2.50 bits per heavy atom. The normalized spacial score (nSPS) is 30.5. The van der Waals surface area contributed by atoms with Crippen LogP contribution in [0.2, 0.25) is 0 Å². The maximum absolute atomic E-state index is 11.3. The summed E-state index contributed by atoms with van der Waals surface area (Å²) >= 11 is 4.87. The molecule has 1 aliphatic carbocycles. The lowest BCUT2D eigenvalue weighted by molar-refractivity contribution is -0.121. The van der Waals surface area contributed by atoms with Crippen molar-refractivity contribution < 1.29 is 4.79 Å². The Morgan fingerprint density at radius 1 is 1.33 bits per heavy atom. The first-order valence-electron chi connectivity index (χ1n) is 4.39. The Labute approximate surface area is 76.9 Å². The van der Waals surface area contributed by atoms with Crippen LogP contribution in [0.5, 0.6) is 0 Å². The molecule has 0 bridgehead atoms. The zero-order valence-electron chi connectivity index (χ0n) is 6.80. The first-order valence-corrected chi connectivity index (χ1v) is 4.79. The summed E-state index contributed by atoms with van der Waals surface area (Å²) in [5, 5.41) is 6.14. The maximum Gasteiger partial charge on any atom is 0.248 e. The van der Waals surface area contributed by atoms with Crippen molar-refractivity contribution in [2.75, 3.05) is 0 Å². The van der Waals surface area contributed by atoms with Crippen molar-refractivity contribution >= 4 is 23.2 Å². The average molecular weight is 184 g/mol. The third-order valence-corrected chi connectivity index (χ3v) is 2.90. The fourth-order valence-corrected chi connectivity index (χ4v) is 2.28. The second kappa shape index (κ2) is 3.01. The van der Waals surface area contributed by atoms with Gasteiger partial charge in [0.05, 0.1) is 0 Å². The lowest BCUT2D eigenvalue weighted by Gasteiger charge is -2.14. The van der Waals surface area contributed by atoms with Crippen LogP contribution in [0.15, 0.2) is 0 Å². The predicted octanol–water partition coefficient (Wildman–Crippen LogP) is 0.549. The van der Waals surface area contributed by atoms with Gasteiger partial charge in [-0.25, -0.2) is 0 Å². The van der Waals surface area contributed by atoms with E-state index in [1.165, 1.54) is 12.8 Å². The van der Waals surface area contributed by atoms with E-state index in [4.69, 9.17) is 12.2 Å². The van der Waals surface area contributed by atoms with E-state index >= 15 is 0 Å². The molecule has 2 N–H and O–H groups in total. The molecule has 1 aliphatic heterocycles. The van der Waals surface area contributed by atoms with Crippen LogP contribution in [0, 0.1) is 5.92 Å². The molecule has 0 aromatic rings. The van der Waals surface area contributed by atoms with Crippen LogP contribution in [0.1, 0.15) is 25.7 Å². The number of amides is 1. The second-order valence-electron chi connectivity index (χ2n) is 3.48. The molecule has 2 aliphatic rings. The highest BCUT2D eigenvalue weighted by Gasteiger charge is 2.35. The van der Waals surface area contributed by atoms with Crippen molar-refractivity contribution in [3.8, 4) is 0 Å². The van der Waals surface area contributed by atoms with E-state index in [9.17, 15) is 4.79 Å². The third kappa shape index (κ3) is 1.31. The molecule has 1 amide bonds. The number of nitrogens with one attached hydrogen (secondary N) is 2. The van der Waals surface area contributed by atoms with Gasteiger partial charge in [0.15, 0.2) is 5.11 Å². The molecular formula is C8H12N2OS. The van der Waals surface area contributed by atoms with E-state index in [1.807, 2.05) is 0 Å². The lowest BCUT2D eigenvalue weighted by atomic mass is 9.99. The fraction of sp³-hybridized carbons (Fsp3) is 0.750. The molecule has 2 rings (SSSR count). The quantitative estimate of drug-likeness (QED) is 0.585. The summed E-state index contributed by atoms with van der Waals surface area (Å²) < 4.78 is 0. The minimum absolute atomic E-state index is 0.0417. The number of carbonyl (C=O) groups excluding carboxylic acids is 1. The maximum atomic E-state index is 11.3. The summed E-state index contributed by atoms with van der Waals surface area (Å²) in [5.74, 6) is 0.567. The monoisotopic (exact) mass is 184 g/mol. The van der Waals surface area contributed by atoms with Crippen molar-refractivity contribution in [1.82, 2.24) is 10.6 Å². The molecule has 0 aromatic heterocycles. The van der Waals surface area contributed by atoms with Gasteiger partial charge in [0, 0.05) is 0 Å². The van der Waals surface area contributed by atoms with Gasteiger partial charge in [-0.3, -0.25) is 4.79 Å². The SMILES string of the molecule is O=C1NC(=S)NC1C1CCCC1. The molecule has 66 valence electrons. The van der Waals surface area contributed by atoms with Crippen molar-refractivity contribution in [3.63, 3.8) is 0 Å². The highest BCUT2D eigenvalue weighted by Crippen LogP contribution is 2.28. The van der Waals surface area contributed by atoms with Gasteiger partial charge >= 0.3 is 0 Å². The molecule has 1 saturated heterocycles. The molecule has 1 atom stereocenters. The van der Waals surface area contributed by atoms with E-state index in [-0.39, 0.29) is 11.9 Å². The van der Waals surface area contributed by atoms with Gasteiger partial charge in [0.25, 0.3) is 0 Å². The zero-order chi connectivity index (χ0) is 8.55. The van der Waals surface area contributed by atoms with Crippen molar-refractivity contribution in [2.45, 2.75) is 31.7 Å². The first kappa shape index (κ1) is 7.98. The topological polar surface area (TPSA) is 41.1 Å². The molecule has 0 radical (unpaired) electrons. The molecule has 1 saturated carbocycles. The van der Waals surface area contributed by atoms with E-state index in [0.29, 0.717) is 11.0 Å². The highest BCUT2D eigenvalue weighted by molar-refractivity contribution is 7.80. The van der Waals surface area contributed by atoms with Gasteiger partial charge in [0.2, 0.25) is 5.91 Å². The molecule has 1 unspecified atom stereocenters. The minimum Gasteiger partial charge on any atom is -0.350 e. The summed E-state index contributed by atoms with van der Waals surface area (Å²) in [6, 6.07) is -0.0417. The van der Waals surface area contributed by atoms with E-state index < -0.39 is 0 Å². The second-order valence-corrected chi connectivity index (χ2v) is 3.89. The number of hydrogen-bond acceptors (Lipinski definition) is 2. The zero-order valence-corrected chi connectivity index (χ0v) is 7.62. The first-order chi connectivity index (χ1) is 5.77. The fourth-order valence-electron chi connectivity index (χ4n) is 2.06. The third-order valence-electron chi connectivity index (χ3n) is 2.68. The van der Waals surface area contributed by atoms with Gasteiger partial charge in [0.1, 0.15) is 6.04 Å². The minimum atomic E-state index is -0.0417. The molecule has 1 heterocycles. The van der Waals surface area contributed by atoms with Gasteiger partial charge in [-0.05, 0) is 31.0 Å². The summed E-state index contributed by atoms with van der Waals surface area (Å²) in [6.07, 6.45) is 4.83. The van der Waals surface area contributed by atoms with E-state index in [1.54, 1.807) is 0 Å². The highest BCUT2D eigenvalue weighted by atomic mass is 32.1. The summed E-state index contributed by atoms with van der Waals surface area (Å²) in [4.78, 5) is 11.3. The Kier molecular flexibility index (Phi) is 2.00. The summed E-state index contributed by atoms with van der Waals surface area (Å²) in [6.45, 7) is 0. The smallest absolute Gasteiger partial charge is 0.248 e. The summed E-state index contributed by atoms with van der Waals surface area (Å²) in [7, 11) is 0. The summed E-state index contributed by atoms with van der Waals surface area (Å²) in [5.41, 5.74) is 0. The molecule has 2 fully saturated rings. The number of thiocarbonyl (C=S) groups is 1. The Morgan fingerprint density at radius 2 is 2.00 bits per heavy atom. The van der Waals surface area contributed by atoms with Crippen molar-refractivity contribution in [3.05, 3.63) is 0 Å². The Hall–Kier alpha value is -0.640. The number of hydrogen-bond donors (Lipinski definition) is 2. The molecule has 0 spiro atoms. The molecule has 3 nitrogen and oxygen atoms in total. The number of rotatable bonds is 1. The van der Waals surface area contributed by atoms with Crippen LogP contribution in [0.3, 0.4) is 0 Å². The largest absolute Gasteiger partial charge is 0.350 e. The van der Waals surface area contributed by atoms with Crippen LogP contribution in [0.25, 0.3) is 0 Å². The van der Waals surface area contributed by atoms with Gasteiger partial charge in [-0.2, -0.15) is 0 Å². The van der Waals surface area contributed by atoms with Crippen molar-refractivity contribution in [1.29, 1.82) is 0 Å².